The lowest BCUT2D eigenvalue weighted by atomic mass is 10.2. The molecule has 2 aliphatic heterocycles. The number of ether oxygens (including phenoxy) is 2. The summed E-state index contributed by atoms with van der Waals surface area (Å²) in [5, 5.41) is -0.557. The van der Waals surface area contributed by atoms with Crippen LogP contribution < -0.4 is 9.64 Å². The van der Waals surface area contributed by atoms with E-state index in [1.165, 1.54) is 24.3 Å². The minimum absolute atomic E-state index is 0.0730. The van der Waals surface area contributed by atoms with Crippen molar-refractivity contribution in [2.45, 2.75) is 23.8 Å². The number of aromatic nitrogens is 1. The summed E-state index contributed by atoms with van der Waals surface area (Å²) in [7, 11) is -3.82. The van der Waals surface area contributed by atoms with Gasteiger partial charge < -0.3 is 14.4 Å². The minimum Gasteiger partial charge on any atom is -0.437 e. The van der Waals surface area contributed by atoms with Crippen LogP contribution in [0, 0.1) is 11.8 Å². The van der Waals surface area contributed by atoms with Crippen LogP contribution in [0.2, 0.25) is 5.02 Å². The fraction of sp³-hybridized carbons (Fsp3) is 0.389. The lowest BCUT2D eigenvalue weighted by molar-refractivity contribution is 0.115. The number of halogens is 3. The number of benzene rings is 1. The molecule has 3 heterocycles. The van der Waals surface area contributed by atoms with Gasteiger partial charge in [-0.05, 0) is 37.1 Å². The smallest absolute Gasteiger partial charge is 0.247 e. The second-order valence-corrected chi connectivity index (χ2v) is 9.08. The zero-order chi connectivity index (χ0) is 19.9. The van der Waals surface area contributed by atoms with Gasteiger partial charge in [0, 0.05) is 19.7 Å². The predicted molar refractivity (Wildman–Crippen MR) is 98.9 cm³/mol. The number of anilines is 1. The summed E-state index contributed by atoms with van der Waals surface area (Å²) in [6, 6.07) is 5.04. The van der Waals surface area contributed by atoms with Crippen LogP contribution in [0.25, 0.3) is 0 Å². The number of fused-ring (bicyclic) bond motifs is 1. The van der Waals surface area contributed by atoms with Gasteiger partial charge in [-0.25, -0.2) is 12.8 Å². The molecule has 1 aromatic carbocycles. The summed E-state index contributed by atoms with van der Waals surface area (Å²) in [5.41, 5.74) is 0.109. The lowest BCUT2D eigenvalue weighted by Crippen LogP contribution is -2.40. The molecule has 0 radical (unpaired) electrons. The summed E-state index contributed by atoms with van der Waals surface area (Å²) in [5.74, 6) is -1.85. The number of nitrogens with zero attached hydrogens (tertiary/aromatic N) is 2. The van der Waals surface area contributed by atoms with Crippen LogP contribution >= 0.6 is 11.6 Å². The van der Waals surface area contributed by atoms with Gasteiger partial charge in [-0.1, -0.05) is 11.6 Å². The molecule has 0 amide bonds. The molecule has 0 aliphatic carbocycles. The third-order valence-corrected chi connectivity index (χ3v) is 6.93. The molecule has 1 aromatic heterocycles. The van der Waals surface area contributed by atoms with Crippen LogP contribution in [0.5, 0.6) is 11.6 Å². The summed E-state index contributed by atoms with van der Waals surface area (Å²) < 4.78 is 64.0. The minimum atomic E-state index is -3.82. The van der Waals surface area contributed by atoms with E-state index in [1.54, 1.807) is 4.90 Å². The van der Waals surface area contributed by atoms with E-state index < -0.39 is 26.6 Å². The van der Waals surface area contributed by atoms with Crippen LogP contribution in [0.1, 0.15) is 12.8 Å². The first kappa shape index (κ1) is 19.4. The van der Waals surface area contributed by atoms with E-state index >= 15 is 0 Å². The Labute approximate surface area is 165 Å². The summed E-state index contributed by atoms with van der Waals surface area (Å²) in [6.45, 7) is 1.23. The SMILES string of the molecule is O=S1(=O)CCN(CC2CCCO2)c2c(Oc3ccc(F)cc3)nc(F)c(Cl)c21. The van der Waals surface area contributed by atoms with Crippen molar-refractivity contribution in [3.8, 4) is 11.6 Å². The number of hydrogen-bond donors (Lipinski definition) is 0. The number of hydrogen-bond acceptors (Lipinski definition) is 6. The second-order valence-electron chi connectivity index (χ2n) is 6.66. The van der Waals surface area contributed by atoms with Crippen LogP contribution in [0.4, 0.5) is 14.5 Å². The Morgan fingerprint density at radius 3 is 2.71 bits per heavy atom. The third-order valence-electron chi connectivity index (χ3n) is 4.73. The van der Waals surface area contributed by atoms with Crippen molar-refractivity contribution < 1.29 is 26.7 Å². The molecule has 0 saturated carbocycles. The molecule has 10 heteroatoms. The van der Waals surface area contributed by atoms with Gasteiger partial charge in [-0.2, -0.15) is 9.37 Å². The van der Waals surface area contributed by atoms with Gasteiger partial charge in [0.25, 0.3) is 0 Å². The van der Waals surface area contributed by atoms with E-state index in [1.807, 2.05) is 0 Å². The van der Waals surface area contributed by atoms with Gasteiger partial charge in [0.1, 0.15) is 27.2 Å². The van der Waals surface area contributed by atoms with Crippen LogP contribution in [0.3, 0.4) is 0 Å². The Morgan fingerprint density at radius 2 is 2.04 bits per heavy atom. The summed E-state index contributed by atoms with van der Waals surface area (Å²) in [6.07, 6.45) is 1.69. The van der Waals surface area contributed by atoms with Gasteiger partial charge in [0.2, 0.25) is 11.8 Å². The molecule has 28 heavy (non-hydrogen) atoms. The van der Waals surface area contributed by atoms with E-state index in [9.17, 15) is 17.2 Å². The van der Waals surface area contributed by atoms with Gasteiger partial charge in [-0.15, -0.1) is 0 Å². The van der Waals surface area contributed by atoms with Gasteiger partial charge >= 0.3 is 0 Å². The molecule has 0 bridgehead atoms. The third kappa shape index (κ3) is 3.66. The molecular weight excluding hydrogens is 414 g/mol. The van der Waals surface area contributed by atoms with E-state index in [2.05, 4.69) is 4.98 Å². The van der Waals surface area contributed by atoms with E-state index in [-0.39, 0.29) is 40.6 Å². The first-order valence-electron chi connectivity index (χ1n) is 8.77. The maximum Gasteiger partial charge on any atom is 0.247 e. The molecule has 0 spiro atoms. The topological polar surface area (TPSA) is 68.7 Å². The zero-order valence-corrected chi connectivity index (χ0v) is 16.3. The van der Waals surface area contributed by atoms with Crippen molar-refractivity contribution in [3.05, 3.63) is 41.1 Å². The molecule has 0 N–H and O–H groups in total. The Balaban J connectivity index is 1.81. The molecule has 1 fully saturated rings. The number of sulfone groups is 1. The quantitative estimate of drug-likeness (QED) is 0.691. The average molecular weight is 431 g/mol. The Morgan fingerprint density at radius 1 is 1.29 bits per heavy atom. The van der Waals surface area contributed by atoms with Crippen molar-refractivity contribution in [2.24, 2.45) is 0 Å². The highest BCUT2D eigenvalue weighted by atomic mass is 35.5. The largest absolute Gasteiger partial charge is 0.437 e. The number of pyridine rings is 1. The second kappa shape index (κ2) is 7.46. The van der Waals surface area contributed by atoms with Gasteiger partial charge in [0.05, 0.1) is 11.9 Å². The monoisotopic (exact) mass is 430 g/mol. The molecule has 6 nitrogen and oxygen atoms in total. The normalized spacial score (nSPS) is 20.8. The van der Waals surface area contributed by atoms with Crippen molar-refractivity contribution in [2.75, 3.05) is 30.3 Å². The standard InChI is InChI=1S/C18H17ClF2N2O4S/c19-14-16-15(18(22-17(14)21)27-12-5-3-11(20)4-6-12)23(7-9-28(16,24)25)10-13-2-1-8-26-13/h3-6,13H,1-2,7-10H2. The molecule has 150 valence electrons. The molecule has 4 rings (SSSR count). The van der Waals surface area contributed by atoms with Gasteiger partial charge in [0.15, 0.2) is 9.84 Å². The highest BCUT2D eigenvalue weighted by Gasteiger charge is 2.38. The summed E-state index contributed by atoms with van der Waals surface area (Å²) in [4.78, 5) is 5.16. The van der Waals surface area contributed by atoms with E-state index in [0.717, 1.165) is 12.8 Å². The van der Waals surface area contributed by atoms with Crippen molar-refractivity contribution in [3.63, 3.8) is 0 Å². The first-order chi connectivity index (χ1) is 13.3. The molecule has 1 saturated heterocycles. The Bertz CT molecular complexity index is 996. The maximum atomic E-state index is 14.3. The molecular formula is C18H17ClF2N2O4S. The summed E-state index contributed by atoms with van der Waals surface area (Å²) >= 11 is 5.99. The molecule has 2 aromatic rings. The first-order valence-corrected chi connectivity index (χ1v) is 10.8. The van der Waals surface area contributed by atoms with Crippen LogP contribution in [0.15, 0.2) is 29.2 Å². The number of rotatable bonds is 4. The predicted octanol–water partition coefficient (Wildman–Crippen LogP) is 3.58. The van der Waals surface area contributed by atoms with Gasteiger partial charge in [-0.3, -0.25) is 0 Å². The lowest BCUT2D eigenvalue weighted by Gasteiger charge is -2.33. The van der Waals surface area contributed by atoms with Crippen molar-refractivity contribution in [1.29, 1.82) is 0 Å². The van der Waals surface area contributed by atoms with E-state index in [4.69, 9.17) is 21.1 Å². The highest BCUT2D eigenvalue weighted by molar-refractivity contribution is 7.91. The maximum absolute atomic E-state index is 14.3. The molecule has 1 atom stereocenters. The van der Waals surface area contributed by atoms with E-state index in [0.29, 0.717) is 13.2 Å². The molecule has 2 aliphatic rings. The average Bonchev–Trinajstić information content (AvgIpc) is 3.16. The highest BCUT2D eigenvalue weighted by Crippen LogP contribution is 2.44. The van der Waals surface area contributed by atoms with Crippen LogP contribution in [-0.2, 0) is 14.6 Å². The Hall–Kier alpha value is -1.97. The fourth-order valence-corrected chi connectivity index (χ4v) is 5.41. The van der Waals surface area contributed by atoms with Crippen LogP contribution in [-0.4, -0.2) is 45.0 Å². The fourth-order valence-electron chi connectivity index (χ4n) is 3.40. The van der Waals surface area contributed by atoms with Crippen molar-refractivity contribution >= 4 is 27.1 Å². The Kier molecular flexibility index (Phi) is 5.15. The zero-order valence-electron chi connectivity index (χ0n) is 14.7. The van der Waals surface area contributed by atoms with Crippen molar-refractivity contribution in [1.82, 2.24) is 4.98 Å². The molecule has 1 unspecified atom stereocenters.